The summed E-state index contributed by atoms with van der Waals surface area (Å²) in [5, 5.41) is 3.04. The number of nitrogens with two attached hydrogens (primary N) is 1. The summed E-state index contributed by atoms with van der Waals surface area (Å²) in [5.41, 5.74) is 5.07. The normalized spacial score (nSPS) is 10.7. The van der Waals surface area contributed by atoms with E-state index in [0.29, 0.717) is 6.42 Å². The number of rotatable bonds is 29. The van der Waals surface area contributed by atoms with Gasteiger partial charge in [-0.3, -0.25) is 9.59 Å². The van der Waals surface area contributed by atoms with Gasteiger partial charge in [-0.1, -0.05) is 168 Å². The Bertz CT molecular complexity index is 467. The van der Waals surface area contributed by atoms with Gasteiger partial charge in [-0.15, -0.1) is 0 Å². The van der Waals surface area contributed by atoms with E-state index >= 15 is 0 Å². The average molecular weight is 539 g/mol. The van der Waals surface area contributed by atoms with E-state index in [2.05, 4.69) is 26.1 Å². The fraction of sp³-hybridized carbons (Fsp3) is 0.941. The summed E-state index contributed by atoms with van der Waals surface area (Å²) in [5.74, 6) is 0.100. The quantitative estimate of drug-likeness (QED) is 0.0929. The number of primary amides is 1. The summed E-state index contributed by atoms with van der Waals surface area (Å²) in [6.07, 6.45) is 35.4. The highest BCUT2D eigenvalue weighted by Crippen LogP contribution is 2.13. The third kappa shape index (κ3) is 39.5. The van der Waals surface area contributed by atoms with Crippen molar-refractivity contribution in [2.45, 2.75) is 201 Å². The summed E-state index contributed by atoms with van der Waals surface area (Å²) in [6, 6.07) is 0. The van der Waals surface area contributed by atoms with Crippen LogP contribution >= 0.6 is 0 Å². The van der Waals surface area contributed by atoms with Gasteiger partial charge in [-0.05, 0) is 19.3 Å². The average Bonchev–Trinajstić information content (AvgIpc) is 2.90. The standard InChI is InChI=1S/C20H41NO.C14H29NO/c1-3-5-7-9-10-11-12-13-14-15-16-18-20(22)21-19-17-8-6-4-2;1-2-3-4-5-6-7-8-9-10-11-12-13-14(15)16/h3-19H2,1-2H3,(H,21,22);2-13H2,1H3,(H2,15,16). The number of carbonyl (C=O) groups is 2. The SMILES string of the molecule is CCCCCCCCCCCCCC(=O)NCCCCCC.CCCCCCCCCCCCCC(N)=O. The molecule has 2 amide bonds. The zero-order valence-electron chi connectivity index (χ0n) is 26.4. The lowest BCUT2D eigenvalue weighted by molar-refractivity contribution is -0.121. The molecule has 0 aliphatic heterocycles. The number of hydrogen-bond acceptors (Lipinski definition) is 2. The lowest BCUT2D eigenvalue weighted by atomic mass is 10.1. The van der Waals surface area contributed by atoms with Gasteiger partial charge in [0.05, 0.1) is 0 Å². The molecule has 3 N–H and O–H groups in total. The largest absolute Gasteiger partial charge is 0.370 e. The Morgan fingerprint density at radius 1 is 0.421 bits per heavy atom. The van der Waals surface area contributed by atoms with E-state index in [1.807, 2.05) is 0 Å². The van der Waals surface area contributed by atoms with E-state index in [9.17, 15) is 9.59 Å². The predicted molar refractivity (Wildman–Crippen MR) is 169 cm³/mol. The highest BCUT2D eigenvalue weighted by molar-refractivity contribution is 5.75. The van der Waals surface area contributed by atoms with E-state index in [4.69, 9.17) is 5.73 Å². The van der Waals surface area contributed by atoms with Crippen molar-refractivity contribution >= 4 is 11.8 Å². The van der Waals surface area contributed by atoms with Crippen LogP contribution in [0.5, 0.6) is 0 Å². The molecule has 0 aliphatic rings. The van der Waals surface area contributed by atoms with Gasteiger partial charge >= 0.3 is 0 Å². The van der Waals surface area contributed by atoms with Crippen LogP contribution in [-0.2, 0) is 9.59 Å². The number of unbranched alkanes of at least 4 members (excludes halogenated alkanes) is 23. The first-order chi connectivity index (χ1) is 18.6. The van der Waals surface area contributed by atoms with Crippen molar-refractivity contribution in [1.29, 1.82) is 0 Å². The van der Waals surface area contributed by atoms with Crippen LogP contribution in [0.15, 0.2) is 0 Å². The van der Waals surface area contributed by atoms with Crippen LogP contribution in [0.1, 0.15) is 201 Å². The molecule has 0 rings (SSSR count). The zero-order chi connectivity index (χ0) is 28.4. The minimum atomic E-state index is -0.157. The second-order valence-corrected chi connectivity index (χ2v) is 11.4. The molecule has 0 aromatic heterocycles. The molecule has 0 saturated carbocycles. The van der Waals surface area contributed by atoms with Crippen LogP contribution in [0.2, 0.25) is 0 Å². The maximum absolute atomic E-state index is 11.6. The molecular weight excluding hydrogens is 468 g/mol. The summed E-state index contributed by atoms with van der Waals surface area (Å²) in [4.78, 5) is 22.1. The predicted octanol–water partition coefficient (Wildman–Crippen LogP) is 10.6. The minimum absolute atomic E-state index is 0.157. The van der Waals surface area contributed by atoms with Gasteiger partial charge in [0.15, 0.2) is 0 Å². The first-order valence-electron chi connectivity index (χ1n) is 17.1. The molecular formula is C34H70N2O2. The summed E-state index contributed by atoms with van der Waals surface area (Å²) in [7, 11) is 0. The molecule has 228 valence electrons. The maximum Gasteiger partial charge on any atom is 0.219 e. The second kappa shape index (κ2) is 35.9. The van der Waals surface area contributed by atoms with E-state index < -0.39 is 0 Å². The zero-order valence-corrected chi connectivity index (χ0v) is 26.4. The number of nitrogens with one attached hydrogen (secondary N) is 1. The van der Waals surface area contributed by atoms with Crippen molar-refractivity contribution in [3.63, 3.8) is 0 Å². The molecule has 4 nitrogen and oxygen atoms in total. The molecule has 0 bridgehead atoms. The van der Waals surface area contributed by atoms with Crippen molar-refractivity contribution in [3.8, 4) is 0 Å². The van der Waals surface area contributed by atoms with Crippen molar-refractivity contribution in [1.82, 2.24) is 5.32 Å². The Balaban J connectivity index is 0. The fourth-order valence-corrected chi connectivity index (χ4v) is 4.78. The molecule has 0 spiro atoms. The summed E-state index contributed by atoms with van der Waals surface area (Å²) < 4.78 is 0. The molecule has 0 unspecified atom stereocenters. The van der Waals surface area contributed by atoms with Crippen molar-refractivity contribution in [3.05, 3.63) is 0 Å². The highest BCUT2D eigenvalue weighted by Gasteiger charge is 2.00. The molecule has 0 radical (unpaired) electrons. The number of carbonyl (C=O) groups excluding carboxylic acids is 2. The molecule has 38 heavy (non-hydrogen) atoms. The van der Waals surface area contributed by atoms with Gasteiger partial charge < -0.3 is 11.1 Å². The van der Waals surface area contributed by atoms with Gasteiger partial charge in [0.1, 0.15) is 0 Å². The van der Waals surface area contributed by atoms with E-state index in [1.165, 1.54) is 148 Å². The van der Waals surface area contributed by atoms with Crippen LogP contribution < -0.4 is 11.1 Å². The van der Waals surface area contributed by atoms with Crippen molar-refractivity contribution in [2.75, 3.05) is 6.54 Å². The van der Waals surface area contributed by atoms with Crippen LogP contribution in [-0.4, -0.2) is 18.4 Å². The third-order valence-corrected chi connectivity index (χ3v) is 7.39. The van der Waals surface area contributed by atoms with Crippen molar-refractivity contribution < 1.29 is 9.59 Å². The molecule has 0 heterocycles. The third-order valence-electron chi connectivity index (χ3n) is 7.39. The summed E-state index contributed by atoms with van der Waals surface area (Å²) >= 11 is 0. The van der Waals surface area contributed by atoms with Crippen LogP contribution in [0.3, 0.4) is 0 Å². The maximum atomic E-state index is 11.6. The lowest BCUT2D eigenvalue weighted by Crippen LogP contribution is -2.23. The molecule has 0 atom stereocenters. The first kappa shape index (κ1) is 39.1. The Morgan fingerprint density at radius 2 is 0.711 bits per heavy atom. The first-order valence-corrected chi connectivity index (χ1v) is 17.1. The topological polar surface area (TPSA) is 72.2 Å². The van der Waals surface area contributed by atoms with Gasteiger partial charge in [0, 0.05) is 19.4 Å². The Hall–Kier alpha value is -1.06. The van der Waals surface area contributed by atoms with Crippen LogP contribution in [0.4, 0.5) is 0 Å². The van der Waals surface area contributed by atoms with E-state index in [1.54, 1.807) is 0 Å². The number of hydrogen-bond donors (Lipinski definition) is 2. The van der Waals surface area contributed by atoms with Crippen molar-refractivity contribution in [2.24, 2.45) is 5.73 Å². The molecule has 0 fully saturated rings. The fourth-order valence-electron chi connectivity index (χ4n) is 4.78. The van der Waals surface area contributed by atoms with Gasteiger partial charge in [-0.2, -0.15) is 0 Å². The van der Waals surface area contributed by atoms with E-state index in [0.717, 1.165) is 32.2 Å². The monoisotopic (exact) mass is 539 g/mol. The minimum Gasteiger partial charge on any atom is -0.370 e. The summed E-state index contributed by atoms with van der Waals surface area (Å²) in [6.45, 7) is 7.61. The Kier molecular flexibility index (Phi) is 37.0. The van der Waals surface area contributed by atoms with Gasteiger partial charge in [0.2, 0.25) is 11.8 Å². The lowest BCUT2D eigenvalue weighted by Gasteiger charge is -2.05. The molecule has 0 aromatic carbocycles. The smallest absolute Gasteiger partial charge is 0.219 e. The molecule has 0 aliphatic carbocycles. The molecule has 4 heteroatoms. The van der Waals surface area contributed by atoms with E-state index in [-0.39, 0.29) is 11.8 Å². The second-order valence-electron chi connectivity index (χ2n) is 11.4. The van der Waals surface area contributed by atoms with Crippen LogP contribution in [0.25, 0.3) is 0 Å². The van der Waals surface area contributed by atoms with Crippen LogP contribution in [0, 0.1) is 0 Å². The molecule has 0 aromatic rings. The molecule has 0 saturated heterocycles. The Labute approximate surface area is 239 Å². The van der Waals surface area contributed by atoms with Gasteiger partial charge in [0.25, 0.3) is 0 Å². The van der Waals surface area contributed by atoms with Gasteiger partial charge in [-0.25, -0.2) is 0 Å². The highest BCUT2D eigenvalue weighted by atomic mass is 16.1. The number of amides is 2. The Morgan fingerprint density at radius 3 is 1.05 bits per heavy atom.